The van der Waals surface area contributed by atoms with Gasteiger partial charge >= 0.3 is 0 Å². The Morgan fingerprint density at radius 3 is 2.61 bits per heavy atom. The summed E-state index contributed by atoms with van der Waals surface area (Å²) in [4.78, 5) is 17.2. The summed E-state index contributed by atoms with van der Waals surface area (Å²) in [6.45, 7) is 0.617. The molecule has 2 aromatic carbocycles. The Hall–Kier alpha value is -2.99. The van der Waals surface area contributed by atoms with Crippen molar-refractivity contribution in [3.63, 3.8) is 0 Å². The van der Waals surface area contributed by atoms with Gasteiger partial charge in [-0.05, 0) is 85.7 Å². The number of hydrogen-bond acceptors (Lipinski definition) is 4. The highest BCUT2D eigenvalue weighted by Gasteiger charge is 2.53. The number of rotatable bonds is 4. The van der Waals surface area contributed by atoms with Crippen LogP contribution < -0.4 is 10.1 Å². The van der Waals surface area contributed by atoms with Gasteiger partial charge in [0.1, 0.15) is 17.7 Å². The first-order valence-electron chi connectivity index (χ1n) is 10.7. The third kappa shape index (κ3) is 3.65. The topological polar surface area (TPSA) is 60.5 Å². The van der Waals surface area contributed by atoms with Gasteiger partial charge in [-0.15, -0.1) is 0 Å². The molecule has 0 bridgehead atoms. The van der Waals surface area contributed by atoms with Crippen molar-refractivity contribution >= 4 is 22.5 Å². The third-order valence-corrected chi connectivity index (χ3v) is 6.85. The molecule has 6 heteroatoms. The van der Waals surface area contributed by atoms with Gasteiger partial charge in [-0.3, -0.25) is 9.78 Å². The van der Waals surface area contributed by atoms with Crippen LogP contribution in [0.3, 0.4) is 0 Å². The van der Waals surface area contributed by atoms with Gasteiger partial charge in [-0.2, -0.15) is 0 Å². The van der Waals surface area contributed by atoms with Crippen LogP contribution >= 0.6 is 0 Å². The van der Waals surface area contributed by atoms with Crippen molar-refractivity contribution in [1.82, 2.24) is 4.98 Å². The van der Waals surface area contributed by atoms with Crippen LogP contribution in [0, 0.1) is 11.2 Å². The summed E-state index contributed by atoms with van der Waals surface area (Å²) < 4.78 is 24.7. The molecule has 1 unspecified atom stereocenters. The van der Waals surface area contributed by atoms with Gasteiger partial charge in [0.25, 0.3) is 5.91 Å². The van der Waals surface area contributed by atoms with Gasteiger partial charge in [-0.1, -0.05) is 0 Å². The number of halogens is 1. The zero-order chi connectivity index (χ0) is 21.4. The lowest BCUT2D eigenvalue weighted by Crippen LogP contribution is -2.58. The number of carbonyl (C=O) groups is 1. The van der Waals surface area contributed by atoms with E-state index < -0.39 is 6.10 Å². The fraction of sp³-hybridized carbons (Fsp3) is 0.360. The number of amides is 1. The Morgan fingerprint density at radius 1 is 1.16 bits per heavy atom. The Bertz CT molecular complexity index is 1110. The van der Waals surface area contributed by atoms with Gasteiger partial charge < -0.3 is 14.8 Å². The van der Waals surface area contributed by atoms with Crippen LogP contribution in [0.4, 0.5) is 10.1 Å². The van der Waals surface area contributed by atoms with Gasteiger partial charge in [0.15, 0.2) is 0 Å². The van der Waals surface area contributed by atoms with E-state index in [-0.39, 0.29) is 17.1 Å². The highest BCUT2D eigenvalue weighted by Crippen LogP contribution is 2.51. The molecule has 1 saturated heterocycles. The standard InChI is InChI=1S/C25H25FN2O3/c1-30-19-5-3-18(4-6-19)28-24(29)23-25(15-31-23)11-8-16(9-12-25)20-10-13-27-22-7-2-17(26)14-21(20)22/h2-7,10,13-14,16,23H,8-9,11-12,15H2,1H3,(H,28,29). The summed E-state index contributed by atoms with van der Waals surface area (Å²) in [6, 6.07) is 14.1. The van der Waals surface area contributed by atoms with E-state index in [0.29, 0.717) is 12.5 Å². The van der Waals surface area contributed by atoms with E-state index >= 15 is 0 Å². The average molecular weight is 420 g/mol. The summed E-state index contributed by atoms with van der Waals surface area (Å²) in [5, 5.41) is 3.86. The molecule has 160 valence electrons. The summed E-state index contributed by atoms with van der Waals surface area (Å²) in [7, 11) is 1.61. The number of fused-ring (bicyclic) bond motifs is 1. The molecule has 1 aliphatic carbocycles. The minimum absolute atomic E-state index is 0.0914. The van der Waals surface area contributed by atoms with Crippen molar-refractivity contribution in [2.75, 3.05) is 19.0 Å². The molecule has 2 fully saturated rings. The Kier molecular flexibility index (Phi) is 5.10. The molecule has 5 rings (SSSR count). The molecule has 3 aromatic rings. The SMILES string of the molecule is COc1ccc(NC(=O)C2OCC23CCC(c2ccnc4ccc(F)cc24)CC3)cc1. The number of pyridine rings is 1. The van der Waals surface area contributed by atoms with E-state index in [4.69, 9.17) is 9.47 Å². The molecule has 1 atom stereocenters. The summed E-state index contributed by atoms with van der Waals surface area (Å²) in [6.07, 6.45) is 5.10. The number of methoxy groups -OCH3 is 1. The fourth-order valence-corrected chi connectivity index (χ4v) is 5.04. The van der Waals surface area contributed by atoms with E-state index in [0.717, 1.165) is 53.6 Å². The maximum Gasteiger partial charge on any atom is 0.254 e. The predicted molar refractivity (Wildman–Crippen MR) is 117 cm³/mol. The van der Waals surface area contributed by atoms with Crippen LogP contribution in [-0.4, -0.2) is 30.7 Å². The second-order valence-corrected chi connectivity index (χ2v) is 8.61. The van der Waals surface area contributed by atoms with Crippen molar-refractivity contribution < 1.29 is 18.7 Å². The first kappa shape index (κ1) is 19.9. The van der Waals surface area contributed by atoms with Crippen LogP contribution in [0.2, 0.25) is 0 Å². The number of hydrogen-bond donors (Lipinski definition) is 1. The van der Waals surface area contributed by atoms with Gasteiger partial charge in [0.2, 0.25) is 0 Å². The number of benzene rings is 2. The number of anilines is 1. The smallest absolute Gasteiger partial charge is 0.254 e. The van der Waals surface area contributed by atoms with E-state index in [1.807, 2.05) is 30.3 Å². The van der Waals surface area contributed by atoms with E-state index in [1.54, 1.807) is 25.4 Å². The van der Waals surface area contributed by atoms with Crippen LogP contribution in [0.1, 0.15) is 37.2 Å². The van der Waals surface area contributed by atoms with Crippen molar-refractivity contribution in [3.05, 3.63) is 66.1 Å². The molecule has 5 nitrogen and oxygen atoms in total. The number of aromatic nitrogens is 1. The maximum absolute atomic E-state index is 13.8. The molecule has 1 spiro atoms. The minimum atomic E-state index is -0.429. The minimum Gasteiger partial charge on any atom is -0.497 e. The molecule has 1 aliphatic heterocycles. The number of nitrogens with zero attached hydrogens (tertiary/aromatic N) is 1. The number of nitrogens with one attached hydrogen (secondary N) is 1. The summed E-state index contributed by atoms with van der Waals surface area (Å²) in [5.74, 6) is 0.753. The van der Waals surface area contributed by atoms with Crippen LogP contribution in [0.25, 0.3) is 10.9 Å². The normalized spacial score (nSPS) is 25.2. The maximum atomic E-state index is 13.8. The number of carbonyl (C=O) groups excluding carboxylic acids is 1. The van der Waals surface area contributed by atoms with Crippen molar-refractivity contribution in [3.8, 4) is 5.75 Å². The molecule has 2 aliphatic rings. The molecule has 1 saturated carbocycles. The van der Waals surface area contributed by atoms with E-state index in [1.165, 1.54) is 6.07 Å². The highest BCUT2D eigenvalue weighted by molar-refractivity contribution is 5.95. The molecular weight excluding hydrogens is 395 g/mol. The lowest BCUT2D eigenvalue weighted by molar-refractivity contribution is -0.201. The fourth-order valence-electron chi connectivity index (χ4n) is 5.04. The van der Waals surface area contributed by atoms with Gasteiger partial charge in [0.05, 0.1) is 19.2 Å². The van der Waals surface area contributed by atoms with Crippen molar-refractivity contribution in [2.45, 2.75) is 37.7 Å². The van der Waals surface area contributed by atoms with Crippen LogP contribution in [0.15, 0.2) is 54.7 Å². The Labute approximate surface area is 180 Å². The second-order valence-electron chi connectivity index (χ2n) is 8.61. The summed E-state index contributed by atoms with van der Waals surface area (Å²) >= 11 is 0. The lowest BCUT2D eigenvalue weighted by Gasteiger charge is -2.51. The Balaban J connectivity index is 1.27. The third-order valence-electron chi connectivity index (χ3n) is 6.85. The molecule has 31 heavy (non-hydrogen) atoms. The first-order valence-corrected chi connectivity index (χ1v) is 10.7. The molecule has 0 radical (unpaired) electrons. The van der Waals surface area contributed by atoms with Crippen molar-refractivity contribution in [2.24, 2.45) is 5.41 Å². The molecular formula is C25H25FN2O3. The quantitative estimate of drug-likeness (QED) is 0.641. The molecule has 1 N–H and O–H groups in total. The number of ether oxygens (including phenoxy) is 2. The first-order chi connectivity index (χ1) is 15.1. The highest BCUT2D eigenvalue weighted by atomic mass is 19.1. The average Bonchev–Trinajstić information content (AvgIpc) is 2.78. The summed E-state index contributed by atoms with van der Waals surface area (Å²) in [5.41, 5.74) is 2.60. The van der Waals surface area contributed by atoms with Crippen LogP contribution in [-0.2, 0) is 9.53 Å². The van der Waals surface area contributed by atoms with Crippen molar-refractivity contribution in [1.29, 1.82) is 0 Å². The second kappa shape index (κ2) is 7.93. The van der Waals surface area contributed by atoms with Crippen LogP contribution in [0.5, 0.6) is 5.75 Å². The predicted octanol–water partition coefficient (Wildman–Crippen LogP) is 5.06. The van der Waals surface area contributed by atoms with E-state index in [9.17, 15) is 9.18 Å². The van der Waals surface area contributed by atoms with E-state index in [2.05, 4.69) is 10.3 Å². The molecule has 1 aromatic heterocycles. The molecule has 2 heterocycles. The Morgan fingerprint density at radius 2 is 1.94 bits per heavy atom. The van der Waals surface area contributed by atoms with Gasteiger partial charge in [-0.25, -0.2) is 4.39 Å². The van der Waals surface area contributed by atoms with Gasteiger partial charge in [0, 0.05) is 22.7 Å². The lowest BCUT2D eigenvalue weighted by atomic mass is 9.63. The monoisotopic (exact) mass is 420 g/mol. The largest absolute Gasteiger partial charge is 0.497 e. The zero-order valence-corrected chi connectivity index (χ0v) is 17.4. The zero-order valence-electron chi connectivity index (χ0n) is 17.4. The molecule has 1 amide bonds.